The lowest BCUT2D eigenvalue weighted by molar-refractivity contribution is -0.139. The molecule has 1 aromatic rings. The molecule has 0 fully saturated rings. The quantitative estimate of drug-likeness (QED) is 0.852. The van der Waals surface area contributed by atoms with Gasteiger partial charge in [0.25, 0.3) is 0 Å². The van der Waals surface area contributed by atoms with Crippen LogP contribution in [0.4, 0.5) is 13.2 Å². The monoisotopic (exact) mass is 293 g/mol. The summed E-state index contributed by atoms with van der Waals surface area (Å²) in [5.41, 5.74) is 0.324. The second-order valence-electron chi connectivity index (χ2n) is 2.97. The van der Waals surface area contributed by atoms with Gasteiger partial charge in [-0.05, 0) is 34.1 Å². The van der Waals surface area contributed by atoms with Crippen molar-refractivity contribution in [3.05, 3.63) is 28.2 Å². The Hall–Kier alpha value is -1.22. The predicted molar refractivity (Wildman–Crippen MR) is 55.0 cm³/mol. The van der Waals surface area contributed by atoms with Crippen molar-refractivity contribution in [3.8, 4) is 11.8 Å². The summed E-state index contributed by atoms with van der Waals surface area (Å²) in [5.74, 6) is 0.254. The van der Waals surface area contributed by atoms with Gasteiger partial charge >= 0.3 is 6.18 Å². The topological polar surface area (TPSA) is 33.0 Å². The fraction of sp³-hybridized carbons (Fsp3) is 0.300. The van der Waals surface area contributed by atoms with E-state index in [2.05, 4.69) is 15.9 Å². The number of ether oxygens (including phenoxy) is 1. The van der Waals surface area contributed by atoms with Gasteiger partial charge in [-0.1, -0.05) is 0 Å². The largest absolute Gasteiger partial charge is 0.493 e. The molecule has 6 heteroatoms. The van der Waals surface area contributed by atoms with E-state index in [1.54, 1.807) is 6.07 Å². The SMILES string of the molecule is N#Cc1cc(OCCC(F)(F)F)ccc1Br. The van der Waals surface area contributed by atoms with Gasteiger partial charge in [-0.3, -0.25) is 0 Å². The molecule has 0 spiro atoms. The molecule has 86 valence electrons. The molecule has 0 saturated carbocycles. The zero-order valence-corrected chi connectivity index (χ0v) is 9.60. The van der Waals surface area contributed by atoms with Crippen molar-refractivity contribution in [2.75, 3.05) is 6.61 Å². The molecule has 2 nitrogen and oxygen atoms in total. The molecule has 0 aliphatic heterocycles. The van der Waals surface area contributed by atoms with E-state index < -0.39 is 19.2 Å². The number of alkyl halides is 3. The Kier molecular flexibility index (Phi) is 4.19. The summed E-state index contributed by atoms with van der Waals surface area (Å²) in [6, 6.07) is 6.34. The Labute approximate surface area is 98.8 Å². The average molecular weight is 294 g/mol. The first kappa shape index (κ1) is 12.8. The molecule has 16 heavy (non-hydrogen) atoms. The van der Waals surface area contributed by atoms with Crippen LogP contribution in [0.15, 0.2) is 22.7 Å². The van der Waals surface area contributed by atoms with Crippen LogP contribution in [-0.4, -0.2) is 12.8 Å². The number of hydrogen-bond donors (Lipinski definition) is 0. The van der Waals surface area contributed by atoms with E-state index in [0.29, 0.717) is 10.0 Å². The minimum absolute atomic E-state index is 0.254. The molecule has 0 saturated heterocycles. The van der Waals surface area contributed by atoms with Crippen molar-refractivity contribution in [1.82, 2.24) is 0 Å². The van der Waals surface area contributed by atoms with Crippen LogP contribution in [0.1, 0.15) is 12.0 Å². The van der Waals surface area contributed by atoms with Gasteiger partial charge in [0.1, 0.15) is 11.8 Å². The van der Waals surface area contributed by atoms with Crippen LogP contribution in [0.25, 0.3) is 0 Å². The van der Waals surface area contributed by atoms with Crippen molar-refractivity contribution in [2.24, 2.45) is 0 Å². The highest BCUT2D eigenvalue weighted by Gasteiger charge is 2.26. The van der Waals surface area contributed by atoms with Gasteiger partial charge in [0.2, 0.25) is 0 Å². The molecule has 0 aliphatic carbocycles. The van der Waals surface area contributed by atoms with Crippen LogP contribution in [-0.2, 0) is 0 Å². The summed E-state index contributed by atoms with van der Waals surface area (Å²) in [7, 11) is 0. The van der Waals surface area contributed by atoms with Gasteiger partial charge < -0.3 is 4.74 Å². The Bertz CT molecular complexity index is 412. The van der Waals surface area contributed by atoms with Crippen molar-refractivity contribution in [2.45, 2.75) is 12.6 Å². The molecule has 0 radical (unpaired) electrons. The average Bonchev–Trinajstić information content (AvgIpc) is 2.18. The maximum Gasteiger partial charge on any atom is 0.392 e. The van der Waals surface area contributed by atoms with Crippen LogP contribution < -0.4 is 4.74 Å². The first-order valence-electron chi connectivity index (χ1n) is 4.31. The predicted octanol–water partition coefficient (Wildman–Crippen LogP) is 3.65. The maximum absolute atomic E-state index is 11.8. The minimum Gasteiger partial charge on any atom is -0.493 e. The molecular weight excluding hydrogens is 287 g/mol. The summed E-state index contributed by atoms with van der Waals surface area (Å²) >= 11 is 3.13. The Morgan fingerprint density at radius 3 is 2.62 bits per heavy atom. The van der Waals surface area contributed by atoms with Gasteiger partial charge in [0.15, 0.2) is 0 Å². The minimum atomic E-state index is -4.23. The molecule has 0 N–H and O–H groups in total. The van der Waals surface area contributed by atoms with Crippen LogP contribution in [0.2, 0.25) is 0 Å². The number of benzene rings is 1. The van der Waals surface area contributed by atoms with E-state index in [9.17, 15) is 13.2 Å². The summed E-state index contributed by atoms with van der Waals surface area (Å²) in [6.45, 7) is -0.448. The highest BCUT2D eigenvalue weighted by Crippen LogP contribution is 2.23. The van der Waals surface area contributed by atoms with E-state index in [-0.39, 0.29) is 5.75 Å². The molecule has 0 aliphatic rings. The molecule has 0 aromatic heterocycles. The number of rotatable bonds is 3. The second-order valence-corrected chi connectivity index (χ2v) is 3.82. The van der Waals surface area contributed by atoms with Crippen LogP contribution >= 0.6 is 15.9 Å². The first-order chi connectivity index (χ1) is 7.42. The van der Waals surface area contributed by atoms with Crippen LogP contribution in [0.3, 0.4) is 0 Å². The third-order valence-electron chi connectivity index (χ3n) is 1.71. The lowest BCUT2D eigenvalue weighted by Gasteiger charge is -2.08. The number of hydrogen-bond acceptors (Lipinski definition) is 2. The second kappa shape index (κ2) is 5.21. The van der Waals surface area contributed by atoms with E-state index in [4.69, 9.17) is 10.00 Å². The zero-order valence-electron chi connectivity index (χ0n) is 8.01. The molecular formula is C10H7BrF3NO. The number of nitriles is 1. The lowest BCUT2D eigenvalue weighted by Crippen LogP contribution is -2.13. The molecule has 1 aromatic carbocycles. The normalized spacial score (nSPS) is 10.9. The zero-order chi connectivity index (χ0) is 12.2. The molecule has 0 bridgehead atoms. The fourth-order valence-corrected chi connectivity index (χ4v) is 1.30. The lowest BCUT2D eigenvalue weighted by atomic mass is 10.2. The van der Waals surface area contributed by atoms with Gasteiger partial charge in [-0.2, -0.15) is 18.4 Å². The Balaban J connectivity index is 2.59. The molecule has 1 rings (SSSR count). The van der Waals surface area contributed by atoms with Gasteiger partial charge in [0, 0.05) is 4.47 Å². The van der Waals surface area contributed by atoms with Crippen molar-refractivity contribution in [3.63, 3.8) is 0 Å². The smallest absolute Gasteiger partial charge is 0.392 e. The van der Waals surface area contributed by atoms with Crippen molar-refractivity contribution in [1.29, 1.82) is 5.26 Å². The molecule has 0 heterocycles. The van der Waals surface area contributed by atoms with E-state index >= 15 is 0 Å². The highest BCUT2D eigenvalue weighted by atomic mass is 79.9. The summed E-state index contributed by atoms with van der Waals surface area (Å²) in [5, 5.41) is 8.68. The maximum atomic E-state index is 11.8. The third-order valence-corrected chi connectivity index (χ3v) is 2.40. The van der Waals surface area contributed by atoms with Gasteiger partial charge in [0.05, 0.1) is 18.6 Å². The molecule has 0 amide bonds. The standard InChI is InChI=1S/C10H7BrF3NO/c11-9-2-1-8(5-7(9)6-15)16-4-3-10(12,13)14/h1-2,5H,3-4H2. The van der Waals surface area contributed by atoms with Crippen molar-refractivity contribution >= 4 is 15.9 Å². The fourth-order valence-electron chi connectivity index (χ4n) is 0.964. The number of halogens is 4. The van der Waals surface area contributed by atoms with E-state index in [1.807, 2.05) is 6.07 Å². The van der Waals surface area contributed by atoms with E-state index in [0.717, 1.165) is 0 Å². The summed E-state index contributed by atoms with van der Waals surface area (Å²) in [4.78, 5) is 0. The van der Waals surface area contributed by atoms with Crippen LogP contribution in [0.5, 0.6) is 5.75 Å². The Morgan fingerprint density at radius 2 is 2.06 bits per heavy atom. The van der Waals surface area contributed by atoms with Gasteiger partial charge in [-0.25, -0.2) is 0 Å². The van der Waals surface area contributed by atoms with Gasteiger partial charge in [-0.15, -0.1) is 0 Å². The van der Waals surface area contributed by atoms with Crippen LogP contribution in [0, 0.1) is 11.3 Å². The molecule has 0 atom stereocenters. The number of nitrogens with zero attached hydrogens (tertiary/aromatic N) is 1. The molecule has 0 unspecified atom stereocenters. The summed E-state index contributed by atoms with van der Waals surface area (Å²) < 4.78 is 41.0. The van der Waals surface area contributed by atoms with E-state index in [1.165, 1.54) is 12.1 Å². The Morgan fingerprint density at radius 1 is 1.38 bits per heavy atom. The first-order valence-corrected chi connectivity index (χ1v) is 5.11. The highest BCUT2D eigenvalue weighted by molar-refractivity contribution is 9.10. The third kappa shape index (κ3) is 4.11. The summed E-state index contributed by atoms with van der Waals surface area (Å²) in [6.07, 6.45) is -5.24. The van der Waals surface area contributed by atoms with Crippen molar-refractivity contribution < 1.29 is 17.9 Å².